The molecule has 2 atom stereocenters. The molecular formula is C16H19N3O2S. The van der Waals surface area contributed by atoms with E-state index in [0.29, 0.717) is 5.92 Å². The van der Waals surface area contributed by atoms with Crippen molar-refractivity contribution >= 4 is 16.5 Å². The number of anilines is 1. The zero-order valence-electron chi connectivity index (χ0n) is 12.3. The van der Waals surface area contributed by atoms with Gasteiger partial charge < -0.3 is 14.7 Å². The topological polar surface area (TPSA) is 58.5 Å². The Balaban J connectivity index is 1.58. The lowest BCUT2D eigenvalue weighted by atomic mass is 9.75. The minimum atomic E-state index is -0.0309. The number of benzene rings is 1. The van der Waals surface area contributed by atoms with E-state index in [9.17, 15) is 5.11 Å². The van der Waals surface area contributed by atoms with Gasteiger partial charge in [-0.1, -0.05) is 41.7 Å². The highest BCUT2D eigenvalue weighted by Crippen LogP contribution is 2.44. The van der Waals surface area contributed by atoms with Crippen LogP contribution >= 0.6 is 11.3 Å². The van der Waals surface area contributed by atoms with Gasteiger partial charge in [-0.3, -0.25) is 0 Å². The van der Waals surface area contributed by atoms with Crippen molar-refractivity contribution in [2.45, 2.75) is 6.42 Å². The third-order valence-electron chi connectivity index (χ3n) is 4.90. The molecule has 2 aromatic rings. The molecule has 0 unspecified atom stereocenters. The van der Waals surface area contributed by atoms with Crippen molar-refractivity contribution < 1.29 is 9.84 Å². The summed E-state index contributed by atoms with van der Waals surface area (Å²) in [7, 11) is 0. The van der Waals surface area contributed by atoms with Gasteiger partial charge in [0.05, 0.1) is 13.2 Å². The predicted octanol–water partition coefficient (Wildman–Crippen LogP) is 2.04. The number of nitrogens with zero attached hydrogens (tertiary/aromatic N) is 3. The second-order valence-corrected chi connectivity index (χ2v) is 7.13. The van der Waals surface area contributed by atoms with Crippen molar-refractivity contribution in [3.63, 3.8) is 0 Å². The fourth-order valence-corrected chi connectivity index (χ4v) is 4.35. The van der Waals surface area contributed by atoms with Crippen LogP contribution in [0.5, 0.6) is 0 Å². The Labute approximate surface area is 133 Å². The van der Waals surface area contributed by atoms with Gasteiger partial charge in [0.1, 0.15) is 5.01 Å². The van der Waals surface area contributed by atoms with Crippen LogP contribution < -0.4 is 4.90 Å². The van der Waals surface area contributed by atoms with Crippen LogP contribution in [0.2, 0.25) is 0 Å². The number of rotatable bonds is 3. The van der Waals surface area contributed by atoms with Crippen molar-refractivity contribution in [3.05, 3.63) is 30.3 Å². The summed E-state index contributed by atoms with van der Waals surface area (Å²) >= 11 is 1.62. The van der Waals surface area contributed by atoms with E-state index in [1.807, 2.05) is 18.2 Å². The van der Waals surface area contributed by atoms with Crippen molar-refractivity contribution in [1.29, 1.82) is 0 Å². The molecule has 2 aliphatic rings. The van der Waals surface area contributed by atoms with E-state index in [4.69, 9.17) is 4.74 Å². The Morgan fingerprint density at radius 1 is 1.32 bits per heavy atom. The molecule has 0 spiro atoms. The number of fused-ring (bicyclic) bond motifs is 1. The Hall–Kier alpha value is -1.50. The first kappa shape index (κ1) is 14.1. The van der Waals surface area contributed by atoms with E-state index in [1.54, 1.807) is 11.3 Å². The Morgan fingerprint density at radius 2 is 2.18 bits per heavy atom. The first-order valence-electron chi connectivity index (χ1n) is 7.63. The van der Waals surface area contributed by atoms with Gasteiger partial charge in [-0.15, -0.1) is 10.2 Å². The smallest absolute Gasteiger partial charge is 0.208 e. The van der Waals surface area contributed by atoms with E-state index in [-0.39, 0.29) is 12.0 Å². The zero-order chi connectivity index (χ0) is 15.0. The molecule has 0 bridgehead atoms. The van der Waals surface area contributed by atoms with Crippen molar-refractivity contribution in [2.75, 3.05) is 37.8 Å². The molecule has 1 N–H and O–H groups in total. The lowest BCUT2D eigenvalue weighted by molar-refractivity contribution is -0.0410. The summed E-state index contributed by atoms with van der Waals surface area (Å²) in [5.74, 6) is 0.385. The average Bonchev–Trinajstić information content (AvgIpc) is 3.20. The van der Waals surface area contributed by atoms with E-state index >= 15 is 0 Å². The third-order valence-corrected chi connectivity index (χ3v) is 5.93. The highest BCUT2D eigenvalue weighted by atomic mass is 32.1. The number of hydrogen-bond donors (Lipinski definition) is 1. The van der Waals surface area contributed by atoms with E-state index < -0.39 is 0 Å². The van der Waals surface area contributed by atoms with Crippen molar-refractivity contribution in [3.8, 4) is 10.6 Å². The summed E-state index contributed by atoms with van der Waals surface area (Å²) < 4.78 is 5.60. The van der Waals surface area contributed by atoms with Gasteiger partial charge in [0.15, 0.2) is 0 Å². The molecule has 1 aromatic carbocycles. The molecule has 6 heteroatoms. The van der Waals surface area contributed by atoms with Crippen LogP contribution in [-0.4, -0.2) is 48.2 Å². The molecule has 116 valence electrons. The molecule has 2 aliphatic heterocycles. The molecule has 0 aliphatic carbocycles. The quantitative estimate of drug-likeness (QED) is 0.939. The fourth-order valence-electron chi connectivity index (χ4n) is 3.49. The molecule has 1 aromatic heterocycles. The number of hydrogen-bond acceptors (Lipinski definition) is 6. The summed E-state index contributed by atoms with van der Waals surface area (Å²) in [6, 6.07) is 10.1. The molecule has 3 heterocycles. The largest absolute Gasteiger partial charge is 0.396 e. The summed E-state index contributed by atoms with van der Waals surface area (Å²) in [6.07, 6.45) is 0.926. The van der Waals surface area contributed by atoms with Crippen LogP contribution in [0.4, 0.5) is 5.13 Å². The molecule has 2 saturated heterocycles. The first-order valence-corrected chi connectivity index (χ1v) is 8.45. The summed E-state index contributed by atoms with van der Waals surface area (Å²) in [4.78, 5) is 2.26. The van der Waals surface area contributed by atoms with Crippen LogP contribution in [0.25, 0.3) is 10.6 Å². The lowest BCUT2D eigenvalue weighted by Gasteiger charge is -2.36. The van der Waals surface area contributed by atoms with Gasteiger partial charge >= 0.3 is 0 Å². The van der Waals surface area contributed by atoms with Gasteiger partial charge in [0.2, 0.25) is 5.13 Å². The summed E-state index contributed by atoms with van der Waals surface area (Å²) in [5, 5.41) is 20.5. The van der Waals surface area contributed by atoms with Gasteiger partial charge in [-0.05, 0) is 6.42 Å². The second kappa shape index (κ2) is 5.61. The maximum absolute atomic E-state index is 9.88. The maximum Gasteiger partial charge on any atom is 0.208 e. The first-order chi connectivity index (χ1) is 10.8. The number of aliphatic hydroxyl groups excluding tert-OH is 1. The minimum absolute atomic E-state index is 0.0309. The van der Waals surface area contributed by atoms with Crippen molar-refractivity contribution in [1.82, 2.24) is 10.2 Å². The Kier molecular flexibility index (Phi) is 3.60. The highest BCUT2D eigenvalue weighted by molar-refractivity contribution is 7.18. The van der Waals surface area contributed by atoms with Gasteiger partial charge in [0, 0.05) is 36.6 Å². The monoisotopic (exact) mass is 317 g/mol. The third kappa shape index (κ3) is 2.31. The molecule has 0 saturated carbocycles. The standard InChI is InChI=1S/C16H19N3O2S/c20-11-16-6-7-21-9-13(16)8-19(10-16)15-18-17-14(22-15)12-4-2-1-3-5-12/h1-5,13,20H,6-11H2/t13-,16-/m1/s1. The molecule has 0 amide bonds. The van der Waals surface area contributed by atoms with E-state index in [0.717, 1.165) is 48.4 Å². The van der Waals surface area contributed by atoms with Crippen LogP contribution in [0.15, 0.2) is 30.3 Å². The molecule has 22 heavy (non-hydrogen) atoms. The summed E-state index contributed by atoms with van der Waals surface area (Å²) in [5.41, 5.74) is 1.07. The van der Waals surface area contributed by atoms with E-state index in [1.165, 1.54) is 0 Å². The van der Waals surface area contributed by atoms with E-state index in [2.05, 4.69) is 27.2 Å². The van der Waals surface area contributed by atoms with Crippen molar-refractivity contribution in [2.24, 2.45) is 11.3 Å². The second-order valence-electron chi connectivity index (χ2n) is 6.18. The molecular weight excluding hydrogens is 298 g/mol. The van der Waals surface area contributed by atoms with Gasteiger partial charge in [-0.2, -0.15) is 0 Å². The van der Waals surface area contributed by atoms with Gasteiger partial charge in [-0.25, -0.2) is 0 Å². The van der Waals surface area contributed by atoms with Crippen LogP contribution in [0.1, 0.15) is 6.42 Å². The number of aliphatic hydroxyl groups is 1. The maximum atomic E-state index is 9.88. The lowest BCUT2D eigenvalue weighted by Crippen LogP contribution is -2.41. The highest BCUT2D eigenvalue weighted by Gasteiger charge is 2.48. The molecule has 2 fully saturated rings. The zero-order valence-corrected chi connectivity index (χ0v) is 13.1. The van der Waals surface area contributed by atoms with Crippen LogP contribution in [-0.2, 0) is 4.74 Å². The minimum Gasteiger partial charge on any atom is -0.396 e. The Bertz CT molecular complexity index is 648. The average molecular weight is 317 g/mol. The number of ether oxygens (including phenoxy) is 1. The number of aromatic nitrogens is 2. The van der Waals surface area contributed by atoms with Crippen LogP contribution in [0, 0.1) is 11.3 Å². The normalized spacial score (nSPS) is 27.9. The predicted molar refractivity (Wildman–Crippen MR) is 86.0 cm³/mol. The molecule has 5 nitrogen and oxygen atoms in total. The Morgan fingerprint density at radius 3 is 2.95 bits per heavy atom. The van der Waals surface area contributed by atoms with Crippen LogP contribution in [0.3, 0.4) is 0 Å². The summed E-state index contributed by atoms with van der Waals surface area (Å²) in [6.45, 7) is 3.45. The SMILES string of the molecule is OC[C@]12CCOC[C@H]1CN(c1nnc(-c3ccccc3)s1)C2. The molecule has 0 radical (unpaired) electrons. The fraction of sp³-hybridized carbons (Fsp3) is 0.500. The van der Waals surface area contributed by atoms with Gasteiger partial charge in [0.25, 0.3) is 0 Å². The molecule has 4 rings (SSSR count).